The summed E-state index contributed by atoms with van der Waals surface area (Å²) in [6.07, 6.45) is 20.0. The van der Waals surface area contributed by atoms with Crippen LogP contribution in [-0.4, -0.2) is 23.7 Å². The van der Waals surface area contributed by atoms with Crippen molar-refractivity contribution in [2.45, 2.75) is 116 Å². The van der Waals surface area contributed by atoms with Crippen molar-refractivity contribution < 1.29 is 31.6 Å². The van der Waals surface area contributed by atoms with Gasteiger partial charge in [-0.1, -0.05) is 132 Å². The molecule has 1 aliphatic heterocycles. The van der Waals surface area contributed by atoms with E-state index in [0.717, 1.165) is 12.8 Å². The molecule has 47 heavy (non-hydrogen) atoms. The van der Waals surface area contributed by atoms with Crippen molar-refractivity contribution in [2.75, 3.05) is 6.16 Å². The molecule has 3 aromatic carbocycles. The maximum Gasteiger partial charge on any atom is 0.138 e. The number of benzene rings is 3. The monoisotopic (exact) mass is 720 g/mol. The first-order chi connectivity index (χ1) is 22.4. The molecule has 0 aromatic heterocycles. The fraction of sp³-hybridized carbons (Fsp3) is 0.500. The van der Waals surface area contributed by atoms with E-state index in [4.69, 9.17) is 9.78 Å². The minimum Gasteiger partial charge on any atom is -1.00 e. The first kappa shape index (κ1) is 39.3. The summed E-state index contributed by atoms with van der Waals surface area (Å²) >= 11 is 0. The number of hydrogen-bond acceptors (Lipinski definition) is 3. The molecule has 3 aromatic rings. The van der Waals surface area contributed by atoms with Gasteiger partial charge < -0.3 is 17.0 Å². The van der Waals surface area contributed by atoms with Gasteiger partial charge in [-0.25, -0.2) is 9.78 Å². The van der Waals surface area contributed by atoms with Gasteiger partial charge in [-0.15, -0.1) is 0 Å². The minimum absolute atomic E-state index is 0. The van der Waals surface area contributed by atoms with E-state index in [1.807, 2.05) is 6.92 Å². The van der Waals surface area contributed by atoms with Crippen LogP contribution < -0.4 is 32.9 Å². The molecule has 1 heterocycles. The normalized spacial score (nSPS) is 22.3. The number of unbranched alkanes of at least 4 members (excludes halogenated alkanes) is 8. The van der Waals surface area contributed by atoms with Gasteiger partial charge in [0, 0.05) is 18.3 Å². The summed E-state index contributed by atoms with van der Waals surface area (Å²) in [5, 5.41) is 4.47. The van der Waals surface area contributed by atoms with Crippen molar-refractivity contribution >= 4 is 29.0 Å². The van der Waals surface area contributed by atoms with Crippen LogP contribution in [0, 0.1) is 11.8 Å². The second kappa shape index (κ2) is 20.4. The number of hydrogen-bond donors (Lipinski definition) is 0. The fourth-order valence-electron chi connectivity index (χ4n) is 6.97. The molecule has 0 amide bonds. The van der Waals surface area contributed by atoms with Crippen molar-refractivity contribution in [2.24, 2.45) is 11.8 Å². The van der Waals surface area contributed by atoms with Crippen LogP contribution in [0.25, 0.3) is 0 Å². The number of Topliss-reactive ketones (excluding diaryl/α,β-unsaturated/α-hetero) is 1. The van der Waals surface area contributed by atoms with E-state index in [2.05, 4.69) is 124 Å². The summed E-state index contributed by atoms with van der Waals surface area (Å²) < 4.78 is 0. The first-order valence-corrected chi connectivity index (χ1v) is 20.0. The lowest BCUT2D eigenvalue weighted by atomic mass is 9.71. The molecule has 0 N–H and O–H groups in total. The highest BCUT2D eigenvalue weighted by Gasteiger charge is 2.48. The van der Waals surface area contributed by atoms with Crippen LogP contribution in [0.4, 0.5) is 0 Å². The fourth-order valence-corrected chi connectivity index (χ4v) is 11.5. The zero-order valence-electron chi connectivity index (χ0n) is 29.3. The Morgan fingerprint density at radius 3 is 1.74 bits per heavy atom. The van der Waals surface area contributed by atoms with Gasteiger partial charge in [0.2, 0.25) is 0 Å². The van der Waals surface area contributed by atoms with Gasteiger partial charge in [-0.3, -0.25) is 4.79 Å². The van der Waals surface area contributed by atoms with Crippen LogP contribution in [0.1, 0.15) is 105 Å². The Bertz CT molecular complexity index is 1220. The average molecular weight is 722 g/mol. The van der Waals surface area contributed by atoms with Crippen molar-refractivity contribution in [3.05, 3.63) is 103 Å². The number of carbonyl (C=O) groups is 1. The second-order valence-electron chi connectivity index (χ2n) is 13.5. The molecule has 1 saturated carbocycles. The molecular formula is C42H58BrO3P. The van der Waals surface area contributed by atoms with Gasteiger partial charge in [0.25, 0.3) is 0 Å². The number of ketones is 1. The summed E-state index contributed by atoms with van der Waals surface area (Å²) in [5.41, 5.74) is -0.437. The highest BCUT2D eigenvalue weighted by Crippen LogP contribution is 2.55. The average Bonchev–Trinajstić information content (AvgIpc) is 3.10. The van der Waals surface area contributed by atoms with Gasteiger partial charge in [-0.05, 0) is 69.0 Å². The maximum atomic E-state index is 12.1. The topological polar surface area (TPSA) is 35.5 Å². The number of allylic oxidation sites excluding steroid dienone is 1. The lowest BCUT2D eigenvalue weighted by Gasteiger charge is -2.45. The highest BCUT2D eigenvalue weighted by atomic mass is 79.9. The Labute approximate surface area is 297 Å². The molecule has 2 bridgehead atoms. The van der Waals surface area contributed by atoms with E-state index in [9.17, 15) is 4.79 Å². The zero-order chi connectivity index (χ0) is 32.7. The van der Waals surface area contributed by atoms with Crippen molar-refractivity contribution in [3.63, 3.8) is 0 Å². The molecule has 5 rings (SSSR count). The number of rotatable bonds is 15. The molecule has 0 radical (unpaired) electrons. The Balaban J connectivity index is 0.000000250. The van der Waals surface area contributed by atoms with Gasteiger partial charge in [-0.2, -0.15) is 0 Å². The Morgan fingerprint density at radius 1 is 0.745 bits per heavy atom. The summed E-state index contributed by atoms with van der Waals surface area (Å²) in [6.45, 7) is 8.55. The molecule has 2 fully saturated rings. The largest absolute Gasteiger partial charge is 1.00 e. The number of fused-ring (bicyclic) bond motifs is 2. The lowest BCUT2D eigenvalue weighted by molar-refractivity contribution is -0.415. The predicted octanol–water partition coefficient (Wildman–Crippen LogP) is 7.17. The van der Waals surface area contributed by atoms with E-state index in [1.54, 1.807) is 0 Å². The maximum absolute atomic E-state index is 12.1. The molecule has 2 aliphatic rings. The van der Waals surface area contributed by atoms with Crippen LogP contribution in [0.2, 0.25) is 0 Å². The van der Waals surface area contributed by atoms with Crippen LogP contribution in [0.3, 0.4) is 0 Å². The predicted molar refractivity (Wildman–Crippen MR) is 198 cm³/mol. The van der Waals surface area contributed by atoms with E-state index < -0.39 is 12.9 Å². The summed E-state index contributed by atoms with van der Waals surface area (Å²) in [5.74, 6) is 0.559. The van der Waals surface area contributed by atoms with Gasteiger partial charge in [0.15, 0.2) is 0 Å². The lowest BCUT2D eigenvalue weighted by Crippen LogP contribution is -3.00. The molecule has 4 atom stereocenters. The molecule has 1 aliphatic carbocycles. The van der Waals surface area contributed by atoms with Gasteiger partial charge >= 0.3 is 0 Å². The Kier molecular flexibility index (Phi) is 17.1. The molecule has 3 nitrogen and oxygen atoms in total. The van der Waals surface area contributed by atoms with E-state index in [0.29, 0.717) is 12.2 Å². The Morgan fingerprint density at radius 2 is 1.23 bits per heavy atom. The van der Waals surface area contributed by atoms with E-state index >= 15 is 0 Å². The molecule has 0 spiro atoms. The smallest absolute Gasteiger partial charge is 0.138 e. The zero-order valence-corrected chi connectivity index (χ0v) is 31.8. The summed E-state index contributed by atoms with van der Waals surface area (Å²) in [6, 6.07) is 33.4. The molecule has 5 heteroatoms. The van der Waals surface area contributed by atoms with Gasteiger partial charge in [0.05, 0.1) is 6.16 Å². The molecular weight excluding hydrogens is 663 g/mol. The molecule has 256 valence electrons. The standard InChI is InChI=1S/C22H24P.C20H34O3.BrH/c1-2-3-19-23(20-13-7-4-8-14-20,21-15-9-5-10-16-21)22-17-11-6-12-18-22;1-4-5-6-7-8-9-10-11-12-13-20(3)17-14-18(21)16(2)19(15-17)22-23-20;/h4-18H,2-3,19H2,1H3;12-13,16-17,19H,4-11,14-15H2,1-3H3;1H/q+1;;/p-1/b;13-12+;/t;16-,17+,19+,20-;/m.0./s1. The van der Waals surface area contributed by atoms with Crippen LogP contribution in [-0.2, 0) is 14.6 Å². The number of carbonyl (C=O) groups excluding carboxylic acids is 1. The van der Waals surface area contributed by atoms with Crippen molar-refractivity contribution in [1.82, 2.24) is 0 Å². The van der Waals surface area contributed by atoms with Crippen LogP contribution in [0.15, 0.2) is 103 Å². The third-order valence-electron chi connectivity index (χ3n) is 10.1. The van der Waals surface area contributed by atoms with E-state index in [-0.39, 0.29) is 34.9 Å². The second-order valence-corrected chi connectivity index (χ2v) is 17.1. The number of halogens is 1. The minimum atomic E-state index is -1.57. The van der Waals surface area contributed by atoms with E-state index in [1.165, 1.54) is 79.9 Å². The quantitative estimate of drug-likeness (QED) is 0.0723. The molecule has 0 unspecified atom stereocenters. The van der Waals surface area contributed by atoms with Crippen molar-refractivity contribution in [1.29, 1.82) is 0 Å². The third-order valence-corrected chi connectivity index (χ3v) is 14.6. The van der Waals surface area contributed by atoms with Gasteiger partial charge in [0.1, 0.15) is 40.7 Å². The van der Waals surface area contributed by atoms with Crippen molar-refractivity contribution in [3.8, 4) is 0 Å². The summed E-state index contributed by atoms with van der Waals surface area (Å²) in [7, 11) is -1.57. The highest BCUT2D eigenvalue weighted by molar-refractivity contribution is 7.95. The third kappa shape index (κ3) is 10.7. The SMILES string of the molecule is CCCCCCCCC/C=C/[C@]1(C)OO[C@@H]2C[C@H]1CC(=O)[C@@H]2C.CCCC[P+](c1ccccc1)(c1ccccc1)c1ccccc1.[Br-]. The summed E-state index contributed by atoms with van der Waals surface area (Å²) in [4.78, 5) is 23.3. The van der Waals surface area contributed by atoms with Crippen LogP contribution >= 0.6 is 7.26 Å². The van der Waals surface area contributed by atoms with Crippen LogP contribution in [0.5, 0.6) is 0 Å². The Hall–Kier alpha value is -2.10. The molecule has 1 saturated heterocycles. The first-order valence-electron chi connectivity index (χ1n) is 18.0.